The summed E-state index contributed by atoms with van der Waals surface area (Å²) in [6.07, 6.45) is -4.57. The van der Waals surface area contributed by atoms with Gasteiger partial charge in [-0.05, 0) is 25.1 Å². The molecule has 0 bridgehead atoms. The van der Waals surface area contributed by atoms with E-state index in [2.05, 4.69) is 5.32 Å². The molecule has 0 spiro atoms. The molecule has 7 heteroatoms. The van der Waals surface area contributed by atoms with Crippen LogP contribution in [-0.4, -0.2) is 11.3 Å². The van der Waals surface area contributed by atoms with Crippen LogP contribution in [0.15, 0.2) is 18.2 Å². The van der Waals surface area contributed by atoms with E-state index in [0.29, 0.717) is 0 Å². The van der Waals surface area contributed by atoms with Crippen molar-refractivity contribution in [2.75, 3.05) is 5.32 Å². The topological polar surface area (TPSA) is 29.1 Å². The van der Waals surface area contributed by atoms with E-state index in [1.807, 2.05) is 0 Å². The second-order valence-electron chi connectivity index (χ2n) is 3.30. The Morgan fingerprint density at radius 2 is 2.00 bits per heavy atom. The summed E-state index contributed by atoms with van der Waals surface area (Å²) in [4.78, 5) is 11.2. The normalized spacial score (nSPS) is 13.3. The minimum absolute atomic E-state index is 0.000718. The average molecular weight is 286 g/mol. The molecule has 0 aromatic heterocycles. The molecule has 94 valence electrons. The summed E-state index contributed by atoms with van der Waals surface area (Å²) in [6, 6.07) is 3.10. The van der Waals surface area contributed by atoms with Crippen LogP contribution in [0.1, 0.15) is 12.5 Å². The summed E-state index contributed by atoms with van der Waals surface area (Å²) in [6.45, 7) is 1.41. The zero-order chi connectivity index (χ0) is 13.2. The fraction of sp³-hybridized carbons (Fsp3) is 0.300. The largest absolute Gasteiger partial charge is 0.417 e. The Morgan fingerprint density at radius 1 is 1.41 bits per heavy atom. The van der Waals surface area contributed by atoms with Gasteiger partial charge in [0.15, 0.2) is 0 Å². The molecule has 0 saturated heterocycles. The van der Waals surface area contributed by atoms with Crippen molar-refractivity contribution in [2.45, 2.75) is 18.5 Å². The number of benzene rings is 1. The second-order valence-corrected chi connectivity index (χ2v) is 4.36. The van der Waals surface area contributed by atoms with Crippen LogP contribution < -0.4 is 5.32 Å². The molecule has 0 aliphatic heterocycles. The van der Waals surface area contributed by atoms with Crippen LogP contribution >= 0.6 is 23.2 Å². The van der Waals surface area contributed by atoms with Crippen LogP contribution in [0.3, 0.4) is 0 Å². The van der Waals surface area contributed by atoms with Crippen molar-refractivity contribution >= 4 is 34.8 Å². The van der Waals surface area contributed by atoms with Gasteiger partial charge in [0, 0.05) is 5.69 Å². The molecule has 1 N–H and O–H groups in total. The van der Waals surface area contributed by atoms with Gasteiger partial charge in [-0.15, -0.1) is 11.6 Å². The third kappa shape index (κ3) is 3.78. The van der Waals surface area contributed by atoms with Gasteiger partial charge in [-0.3, -0.25) is 4.79 Å². The van der Waals surface area contributed by atoms with Gasteiger partial charge in [-0.25, -0.2) is 0 Å². The van der Waals surface area contributed by atoms with E-state index in [4.69, 9.17) is 23.2 Å². The number of anilines is 1. The van der Waals surface area contributed by atoms with Gasteiger partial charge in [0.25, 0.3) is 0 Å². The van der Waals surface area contributed by atoms with Crippen molar-refractivity contribution in [3.63, 3.8) is 0 Å². The maximum Gasteiger partial charge on any atom is 0.417 e. The van der Waals surface area contributed by atoms with E-state index >= 15 is 0 Å². The van der Waals surface area contributed by atoms with Crippen molar-refractivity contribution in [3.8, 4) is 0 Å². The van der Waals surface area contributed by atoms with Crippen LogP contribution in [0.4, 0.5) is 18.9 Å². The lowest BCUT2D eigenvalue weighted by Crippen LogP contribution is -2.20. The molecule has 0 aliphatic rings. The highest BCUT2D eigenvalue weighted by Gasteiger charge is 2.33. The molecule has 1 aromatic carbocycles. The van der Waals surface area contributed by atoms with E-state index < -0.39 is 28.0 Å². The van der Waals surface area contributed by atoms with Crippen molar-refractivity contribution in [1.29, 1.82) is 0 Å². The lowest BCUT2D eigenvalue weighted by atomic mass is 10.2. The number of alkyl halides is 4. The molecule has 0 fully saturated rings. The molecular formula is C10H8Cl2F3NO. The van der Waals surface area contributed by atoms with Gasteiger partial charge < -0.3 is 5.32 Å². The zero-order valence-electron chi connectivity index (χ0n) is 8.61. The Bertz CT molecular complexity index is 432. The fourth-order valence-corrected chi connectivity index (χ4v) is 1.34. The number of carbonyl (C=O) groups is 1. The third-order valence-corrected chi connectivity index (χ3v) is 2.43. The molecule has 1 rings (SSSR count). The minimum atomic E-state index is -4.57. The Kier molecular flexibility index (Phi) is 4.27. The van der Waals surface area contributed by atoms with Gasteiger partial charge >= 0.3 is 6.18 Å². The first kappa shape index (κ1) is 14.1. The maximum atomic E-state index is 12.5. The molecule has 1 atom stereocenters. The number of nitrogens with one attached hydrogen (secondary N) is 1. The highest BCUT2D eigenvalue weighted by molar-refractivity contribution is 6.32. The van der Waals surface area contributed by atoms with Gasteiger partial charge in [-0.1, -0.05) is 11.6 Å². The summed E-state index contributed by atoms with van der Waals surface area (Å²) >= 11 is 10.9. The summed E-state index contributed by atoms with van der Waals surface area (Å²) in [5.74, 6) is -0.581. The highest BCUT2D eigenvalue weighted by atomic mass is 35.5. The molecule has 0 heterocycles. The van der Waals surface area contributed by atoms with Crippen LogP contribution in [0.5, 0.6) is 0 Å². The van der Waals surface area contributed by atoms with E-state index in [1.54, 1.807) is 0 Å². The molecule has 1 amide bonds. The quantitative estimate of drug-likeness (QED) is 0.820. The van der Waals surface area contributed by atoms with Crippen LogP contribution in [0.2, 0.25) is 5.02 Å². The summed E-state index contributed by atoms with van der Waals surface area (Å²) < 4.78 is 37.5. The van der Waals surface area contributed by atoms with Crippen molar-refractivity contribution in [3.05, 3.63) is 28.8 Å². The minimum Gasteiger partial charge on any atom is -0.325 e. The predicted molar refractivity (Wildman–Crippen MR) is 60.4 cm³/mol. The van der Waals surface area contributed by atoms with Crippen molar-refractivity contribution < 1.29 is 18.0 Å². The highest BCUT2D eigenvalue weighted by Crippen LogP contribution is 2.36. The molecule has 0 radical (unpaired) electrons. The Morgan fingerprint density at radius 3 is 2.47 bits per heavy atom. The van der Waals surface area contributed by atoms with E-state index in [1.165, 1.54) is 13.0 Å². The third-order valence-electron chi connectivity index (χ3n) is 1.90. The molecule has 2 nitrogen and oxygen atoms in total. The molecule has 17 heavy (non-hydrogen) atoms. The number of hydrogen-bond donors (Lipinski definition) is 1. The van der Waals surface area contributed by atoms with Crippen LogP contribution in [-0.2, 0) is 11.0 Å². The summed E-state index contributed by atoms with van der Waals surface area (Å²) in [7, 11) is 0. The van der Waals surface area contributed by atoms with Crippen LogP contribution in [0, 0.1) is 0 Å². The lowest BCUT2D eigenvalue weighted by Gasteiger charge is -2.12. The number of carbonyl (C=O) groups excluding carboxylic acids is 1. The van der Waals surface area contributed by atoms with E-state index in [0.717, 1.165) is 12.1 Å². The van der Waals surface area contributed by atoms with E-state index in [-0.39, 0.29) is 5.69 Å². The van der Waals surface area contributed by atoms with Gasteiger partial charge in [0.1, 0.15) is 5.38 Å². The summed E-state index contributed by atoms with van der Waals surface area (Å²) in [5.41, 5.74) is -1.00. The zero-order valence-corrected chi connectivity index (χ0v) is 10.1. The molecule has 1 aromatic rings. The smallest absolute Gasteiger partial charge is 0.325 e. The molecule has 1 unspecified atom stereocenters. The Labute approximate surface area is 106 Å². The SMILES string of the molecule is CC(Cl)C(=O)Nc1ccc(Cl)c(C(F)(F)F)c1. The van der Waals surface area contributed by atoms with Crippen molar-refractivity contribution in [2.24, 2.45) is 0 Å². The first-order valence-corrected chi connectivity index (χ1v) is 5.35. The Hall–Kier alpha value is -0.940. The molecular weight excluding hydrogens is 278 g/mol. The monoisotopic (exact) mass is 285 g/mol. The fourth-order valence-electron chi connectivity index (χ4n) is 1.06. The second kappa shape index (κ2) is 5.14. The summed E-state index contributed by atoms with van der Waals surface area (Å²) in [5, 5.41) is 0.996. The van der Waals surface area contributed by atoms with Crippen molar-refractivity contribution in [1.82, 2.24) is 0 Å². The maximum absolute atomic E-state index is 12.5. The first-order chi connectivity index (χ1) is 7.71. The molecule has 0 aliphatic carbocycles. The first-order valence-electron chi connectivity index (χ1n) is 4.53. The van der Waals surface area contributed by atoms with Crippen LogP contribution in [0.25, 0.3) is 0 Å². The standard InChI is InChI=1S/C10H8Cl2F3NO/c1-5(11)9(17)16-6-2-3-8(12)7(4-6)10(13,14)15/h2-5H,1H3,(H,16,17). The average Bonchev–Trinajstić information content (AvgIpc) is 2.19. The van der Waals surface area contributed by atoms with Gasteiger partial charge in [-0.2, -0.15) is 13.2 Å². The predicted octanol–water partition coefficient (Wildman–Crippen LogP) is 3.92. The van der Waals surface area contributed by atoms with Gasteiger partial charge in [0.05, 0.1) is 10.6 Å². The Balaban J connectivity index is 3.01. The number of rotatable bonds is 2. The van der Waals surface area contributed by atoms with E-state index in [9.17, 15) is 18.0 Å². The number of hydrogen-bond acceptors (Lipinski definition) is 1. The molecule has 0 saturated carbocycles. The number of halogens is 5. The van der Waals surface area contributed by atoms with Gasteiger partial charge in [0.2, 0.25) is 5.91 Å². The lowest BCUT2D eigenvalue weighted by molar-refractivity contribution is -0.137. The number of amides is 1.